The molecular formula is C22H27ClF2N2O3S. The lowest BCUT2D eigenvalue weighted by molar-refractivity contribution is 0.190. The summed E-state index contributed by atoms with van der Waals surface area (Å²) < 4.78 is 61.5. The van der Waals surface area contributed by atoms with Crippen molar-refractivity contribution in [3.05, 3.63) is 58.6 Å². The Balaban J connectivity index is 1.73. The summed E-state index contributed by atoms with van der Waals surface area (Å²) in [6, 6.07) is 9.07. The van der Waals surface area contributed by atoms with E-state index in [0.29, 0.717) is 17.6 Å². The number of benzene rings is 2. The number of hydrogen-bond donors (Lipinski definition) is 2. The van der Waals surface area contributed by atoms with Gasteiger partial charge in [0.2, 0.25) is 10.0 Å². The van der Waals surface area contributed by atoms with Crippen LogP contribution in [0.1, 0.15) is 31.7 Å². The molecule has 170 valence electrons. The monoisotopic (exact) mass is 472 g/mol. The van der Waals surface area contributed by atoms with Crippen molar-refractivity contribution >= 4 is 21.6 Å². The Bertz CT molecular complexity index is 1000. The first-order valence-electron chi connectivity index (χ1n) is 10.2. The highest BCUT2D eigenvalue weighted by atomic mass is 35.5. The fourth-order valence-corrected chi connectivity index (χ4v) is 5.03. The molecule has 9 heteroatoms. The molecule has 0 spiro atoms. The van der Waals surface area contributed by atoms with Gasteiger partial charge in [-0.05, 0) is 42.5 Å². The molecule has 2 aromatic carbocycles. The molecule has 2 N–H and O–H groups in total. The molecule has 0 aliphatic carbocycles. The second-order valence-electron chi connectivity index (χ2n) is 8.18. The van der Waals surface area contributed by atoms with E-state index in [9.17, 15) is 17.2 Å². The molecule has 3 rings (SSSR count). The summed E-state index contributed by atoms with van der Waals surface area (Å²) in [6.07, 6.45) is 0.880. The largest absolute Gasteiger partial charge is 0.490 e. The van der Waals surface area contributed by atoms with E-state index in [2.05, 4.69) is 10.0 Å². The summed E-state index contributed by atoms with van der Waals surface area (Å²) in [4.78, 5) is -0.726. The fraction of sp³-hybridized carbons (Fsp3) is 0.455. The molecule has 0 saturated carbocycles. The predicted octanol–water partition coefficient (Wildman–Crippen LogP) is 4.32. The van der Waals surface area contributed by atoms with E-state index < -0.39 is 26.6 Å². The molecule has 0 amide bonds. The predicted molar refractivity (Wildman–Crippen MR) is 117 cm³/mol. The second-order valence-corrected chi connectivity index (χ2v) is 10.4. The van der Waals surface area contributed by atoms with E-state index in [4.69, 9.17) is 16.3 Å². The number of sulfonamides is 1. The average molecular weight is 473 g/mol. The maximum Gasteiger partial charge on any atom is 0.243 e. The molecule has 0 bridgehead atoms. The van der Waals surface area contributed by atoms with Crippen molar-refractivity contribution in [2.75, 3.05) is 26.2 Å². The highest BCUT2D eigenvalue weighted by molar-refractivity contribution is 7.89. The first-order valence-corrected chi connectivity index (χ1v) is 12.1. The van der Waals surface area contributed by atoms with Gasteiger partial charge in [-0.15, -0.1) is 0 Å². The molecule has 1 aliphatic rings. The zero-order valence-electron chi connectivity index (χ0n) is 17.5. The standard InChI is InChI=1S/C22H27ClF2N2O3S/c1-14(2)11-27-31(28,29)22-10-19(24)21(9-20(22)25)30-13-16-12-26-8-7-18(16)15-3-5-17(23)6-4-15/h3-6,9-10,14,16,18,26-27H,7-8,11-13H2,1-2H3. The third-order valence-electron chi connectivity index (χ3n) is 5.32. The smallest absolute Gasteiger partial charge is 0.243 e. The van der Waals surface area contributed by atoms with Gasteiger partial charge in [-0.2, -0.15) is 0 Å². The van der Waals surface area contributed by atoms with E-state index in [0.717, 1.165) is 24.6 Å². The fourth-order valence-electron chi connectivity index (χ4n) is 3.62. The molecule has 2 unspecified atom stereocenters. The van der Waals surface area contributed by atoms with Crippen LogP contribution in [0, 0.1) is 23.5 Å². The second kappa shape index (κ2) is 10.3. The SMILES string of the molecule is CC(C)CNS(=O)(=O)c1cc(F)c(OCC2CNCCC2c2ccc(Cl)cc2)cc1F. The van der Waals surface area contributed by atoms with Crippen molar-refractivity contribution in [3.8, 4) is 5.75 Å². The molecule has 2 aromatic rings. The third-order valence-corrected chi connectivity index (χ3v) is 7.01. The number of hydrogen-bond acceptors (Lipinski definition) is 4. The Morgan fingerprint density at radius 3 is 2.58 bits per heavy atom. The Kier molecular flexibility index (Phi) is 7.91. The van der Waals surface area contributed by atoms with Gasteiger partial charge >= 0.3 is 0 Å². The molecular weight excluding hydrogens is 446 g/mol. The van der Waals surface area contributed by atoms with Crippen LogP contribution in [0.2, 0.25) is 5.02 Å². The Morgan fingerprint density at radius 1 is 1.19 bits per heavy atom. The minimum atomic E-state index is -4.15. The normalized spacial score (nSPS) is 19.5. The van der Waals surface area contributed by atoms with Gasteiger partial charge in [0.25, 0.3) is 0 Å². The van der Waals surface area contributed by atoms with Crippen LogP contribution in [0.4, 0.5) is 8.78 Å². The number of rotatable bonds is 8. The van der Waals surface area contributed by atoms with Crippen LogP contribution in [0.25, 0.3) is 0 Å². The third kappa shape index (κ3) is 6.16. The maximum absolute atomic E-state index is 14.6. The van der Waals surface area contributed by atoms with E-state index >= 15 is 0 Å². The van der Waals surface area contributed by atoms with E-state index in [1.54, 1.807) is 0 Å². The van der Waals surface area contributed by atoms with E-state index in [1.165, 1.54) is 0 Å². The van der Waals surface area contributed by atoms with Crippen LogP contribution in [0.3, 0.4) is 0 Å². The number of nitrogens with one attached hydrogen (secondary N) is 2. The Morgan fingerprint density at radius 2 is 1.90 bits per heavy atom. The van der Waals surface area contributed by atoms with Gasteiger partial charge in [0.15, 0.2) is 11.6 Å². The molecule has 2 atom stereocenters. The molecule has 1 heterocycles. The first kappa shape index (κ1) is 23.9. The van der Waals surface area contributed by atoms with Gasteiger partial charge in [0.05, 0.1) is 6.61 Å². The zero-order chi connectivity index (χ0) is 22.6. The minimum Gasteiger partial charge on any atom is -0.490 e. The van der Waals surface area contributed by atoms with Crippen LogP contribution in [0.15, 0.2) is 41.3 Å². The molecule has 31 heavy (non-hydrogen) atoms. The highest BCUT2D eigenvalue weighted by Crippen LogP contribution is 2.32. The van der Waals surface area contributed by atoms with Gasteiger partial charge in [-0.1, -0.05) is 37.6 Å². The Labute approximate surface area is 187 Å². The lowest BCUT2D eigenvalue weighted by atomic mass is 9.81. The first-order chi connectivity index (χ1) is 14.7. The summed E-state index contributed by atoms with van der Waals surface area (Å²) in [5, 5.41) is 3.95. The van der Waals surface area contributed by atoms with Gasteiger partial charge < -0.3 is 10.1 Å². The van der Waals surface area contributed by atoms with Gasteiger partial charge in [-0.3, -0.25) is 0 Å². The molecule has 0 aromatic heterocycles. The molecule has 1 aliphatic heterocycles. The Hall–Kier alpha value is -1.74. The van der Waals surface area contributed by atoms with Crippen molar-refractivity contribution in [3.63, 3.8) is 0 Å². The molecule has 5 nitrogen and oxygen atoms in total. The topological polar surface area (TPSA) is 67.4 Å². The summed E-state index contributed by atoms with van der Waals surface area (Å²) in [7, 11) is -4.15. The van der Waals surface area contributed by atoms with Gasteiger partial charge in [0.1, 0.15) is 10.7 Å². The minimum absolute atomic E-state index is 0.0305. The quantitative estimate of drug-likeness (QED) is 0.600. The maximum atomic E-state index is 14.6. The summed E-state index contributed by atoms with van der Waals surface area (Å²) >= 11 is 5.98. The number of piperidine rings is 1. The van der Waals surface area contributed by atoms with Gasteiger partial charge in [-0.25, -0.2) is 21.9 Å². The molecule has 1 fully saturated rings. The van der Waals surface area contributed by atoms with Crippen molar-refractivity contribution in [1.29, 1.82) is 0 Å². The van der Waals surface area contributed by atoms with Crippen LogP contribution in [0.5, 0.6) is 5.75 Å². The van der Waals surface area contributed by atoms with Crippen molar-refractivity contribution in [2.24, 2.45) is 11.8 Å². The average Bonchev–Trinajstić information content (AvgIpc) is 2.73. The van der Waals surface area contributed by atoms with Crippen molar-refractivity contribution < 1.29 is 21.9 Å². The van der Waals surface area contributed by atoms with Crippen LogP contribution in [-0.4, -0.2) is 34.7 Å². The van der Waals surface area contributed by atoms with Crippen molar-refractivity contribution in [1.82, 2.24) is 10.0 Å². The van der Waals surface area contributed by atoms with Crippen LogP contribution in [-0.2, 0) is 10.0 Å². The molecule has 1 saturated heterocycles. The number of ether oxygens (including phenoxy) is 1. The summed E-state index contributed by atoms with van der Waals surface area (Å²) in [5.74, 6) is -2.02. The van der Waals surface area contributed by atoms with E-state index in [-0.39, 0.29) is 36.7 Å². The lowest BCUT2D eigenvalue weighted by Gasteiger charge is -2.32. The lowest BCUT2D eigenvalue weighted by Crippen LogP contribution is -2.38. The zero-order valence-corrected chi connectivity index (χ0v) is 19.1. The van der Waals surface area contributed by atoms with Crippen LogP contribution >= 0.6 is 11.6 Å². The highest BCUT2D eigenvalue weighted by Gasteiger charge is 2.28. The summed E-state index contributed by atoms with van der Waals surface area (Å²) in [5.41, 5.74) is 1.11. The van der Waals surface area contributed by atoms with Gasteiger partial charge in [0, 0.05) is 36.2 Å². The number of halogens is 3. The molecule has 0 radical (unpaired) electrons. The van der Waals surface area contributed by atoms with E-state index in [1.807, 2.05) is 38.1 Å². The van der Waals surface area contributed by atoms with Crippen LogP contribution < -0.4 is 14.8 Å². The van der Waals surface area contributed by atoms with Crippen molar-refractivity contribution in [2.45, 2.75) is 31.1 Å². The summed E-state index contributed by atoms with van der Waals surface area (Å²) in [6.45, 7) is 5.43.